The summed E-state index contributed by atoms with van der Waals surface area (Å²) in [6, 6.07) is 6.50. The molecule has 57 heavy (non-hydrogen) atoms. The van der Waals surface area contributed by atoms with E-state index in [1.165, 1.54) is 7.11 Å². The van der Waals surface area contributed by atoms with Crippen LogP contribution in [0.2, 0.25) is 0 Å². The van der Waals surface area contributed by atoms with Crippen LogP contribution in [-0.4, -0.2) is 147 Å². The molecule has 1 aromatic rings. The third kappa shape index (κ3) is 14.0. The van der Waals surface area contributed by atoms with Gasteiger partial charge in [-0.3, -0.25) is 28.9 Å². The molecule has 0 radical (unpaired) electrons. The highest BCUT2D eigenvalue weighted by Gasteiger charge is 2.43. The van der Waals surface area contributed by atoms with Gasteiger partial charge in [0.2, 0.25) is 29.5 Å². The zero-order valence-electron chi connectivity index (χ0n) is 36.7. The average molecular weight is 803 g/mol. The third-order valence-corrected chi connectivity index (χ3v) is 11.5. The molecule has 14 nitrogen and oxygen atoms in total. The molecule has 0 saturated carbocycles. The number of rotatable bonds is 24. The molecular formula is C43H74N6O8. The maximum absolute atomic E-state index is 14.3. The number of likely N-dealkylation sites (tertiary alicyclic amines) is 1. The summed E-state index contributed by atoms with van der Waals surface area (Å²) in [5, 5.41) is 18.0. The van der Waals surface area contributed by atoms with Gasteiger partial charge in [-0.05, 0) is 56.7 Å². The van der Waals surface area contributed by atoms with E-state index in [0.717, 1.165) is 18.4 Å². The second-order valence-electron chi connectivity index (χ2n) is 16.6. The van der Waals surface area contributed by atoms with Crippen molar-refractivity contribution in [3.05, 3.63) is 35.9 Å². The Morgan fingerprint density at radius 1 is 0.895 bits per heavy atom. The lowest BCUT2D eigenvalue weighted by Gasteiger charge is -2.41. The number of hydrogen-bond acceptors (Lipinski definition) is 9. The number of ether oxygens (including phenoxy) is 2. The van der Waals surface area contributed by atoms with E-state index in [2.05, 4.69) is 16.0 Å². The van der Waals surface area contributed by atoms with E-state index in [0.29, 0.717) is 19.4 Å². The van der Waals surface area contributed by atoms with Crippen molar-refractivity contribution < 1.29 is 38.6 Å². The van der Waals surface area contributed by atoms with Gasteiger partial charge in [-0.1, -0.05) is 85.2 Å². The number of aliphatic hydroxyl groups is 1. The molecule has 0 spiro atoms. The quantitative estimate of drug-likeness (QED) is 0.115. The normalized spacial score (nSPS) is 18.7. The van der Waals surface area contributed by atoms with E-state index in [4.69, 9.17) is 9.47 Å². The largest absolute Gasteiger partial charge is 0.396 e. The summed E-state index contributed by atoms with van der Waals surface area (Å²) in [5.41, 5.74) is 0.882. The monoisotopic (exact) mass is 803 g/mol. The maximum Gasteiger partial charge on any atom is 0.245 e. The van der Waals surface area contributed by atoms with Gasteiger partial charge >= 0.3 is 0 Å². The number of likely N-dealkylation sites (N-methyl/N-ethyl adjacent to an activating group) is 2. The molecule has 324 valence electrons. The van der Waals surface area contributed by atoms with Crippen molar-refractivity contribution in [1.29, 1.82) is 0 Å². The van der Waals surface area contributed by atoms with Crippen molar-refractivity contribution in [2.24, 2.45) is 23.7 Å². The zero-order valence-corrected chi connectivity index (χ0v) is 36.7. The molecule has 1 saturated heterocycles. The summed E-state index contributed by atoms with van der Waals surface area (Å²) in [6.07, 6.45) is 1.43. The van der Waals surface area contributed by atoms with Crippen molar-refractivity contribution in [3.8, 4) is 0 Å². The first-order valence-corrected chi connectivity index (χ1v) is 20.8. The highest BCUT2D eigenvalue weighted by atomic mass is 16.5. The summed E-state index contributed by atoms with van der Waals surface area (Å²) in [6.45, 7) is 14.3. The van der Waals surface area contributed by atoms with Gasteiger partial charge in [0.25, 0.3) is 0 Å². The fraction of sp³-hybridized carbons (Fsp3) is 0.744. The number of carbonyl (C=O) groups excluding carboxylic acids is 5. The Labute approximate surface area is 342 Å². The van der Waals surface area contributed by atoms with Gasteiger partial charge in [0.1, 0.15) is 12.1 Å². The number of benzene rings is 1. The van der Waals surface area contributed by atoms with E-state index in [1.807, 2.05) is 90.9 Å². The van der Waals surface area contributed by atoms with Gasteiger partial charge in [-0.25, -0.2) is 0 Å². The van der Waals surface area contributed by atoms with Gasteiger partial charge in [-0.15, -0.1) is 0 Å². The van der Waals surface area contributed by atoms with Crippen LogP contribution in [0.1, 0.15) is 86.1 Å². The van der Waals surface area contributed by atoms with Crippen molar-refractivity contribution >= 4 is 29.5 Å². The molecule has 1 aromatic carbocycles. The fourth-order valence-corrected chi connectivity index (χ4v) is 8.19. The van der Waals surface area contributed by atoms with Crippen LogP contribution in [0.15, 0.2) is 30.3 Å². The SMILES string of the molecule is CC[C@H](C)C([C@@H](CC(=O)N1CCC[C@H]1[C@H](OC)[C@@H](C)C(=O)N[C@@H](Cc1ccccc1)C(=O)NCCCO)OC)N(C)C(=O)[C@@H](NC(=O)C(C(C)C)N(C)C)C(C)C. The Hall–Kier alpha value is -3.59. The van der Waals surface area contributed by atoms with E-state index in [1.54, 1.807) is 30.9 Å². The number of methoxy groups -OCH3 is 2. The fourth-order valence-electron chi connectivity index (χ4n) is 8.19. The average Bonchev–Trinajstić information content (AvgIpc) is 3.65. The van der Waals surface area contributed by atoms with Crippen molar-refractivity contribution in [1.82, 2.24) is 30.7 Å². The van der Waals surface area contributed by atoms with E-state index >= 15 is 0 Å². The standard InChI is InChI=1S/C43H74N6O8/c1-13-29(6)38(48(10)43(55)36(27(2)3)46-42(54)37(28(4)5)47(8)9)34(56-11)26-35(51)49-23-17-21-33(49)39(57-12)30(7)40(52)45-32(41(53)44-22-18-24-50)25-31-19-15-14-16-20-31/h14-16,19-20,27-30,32-34,36-39,50H,13,17-18,21-26H2,1-12H3,(H,44,53)(H,45,52)(H,46,54)/t29-,30+,32-,33-,34+,36-,37?,38?,39+/m0/s1. The van der Waals surface area contributed by atoms with Crippen LogP contribution >= 0.6 is 0 Å². The summed E-state index contributed by atoms with van der Waals surface area (Å²) in [5.74, 6) is -2.25. The first-order valence-electron chi connectivity index (χ1n) is 20.8. The van der Waals surface area contributed by atoms with Crippen LogP contribution in [-0.2, 0) is 39.9 Å². The molecule has 0 aliphatic carbocycles. The number of nitrogens with zero attached hydrogens (tertiary/aromatic N) is 3. The number of amides is 5. The van der Waals surface area contributed by atoms with Crippen LogP contribution in [0.3, 0.4) is 0 Å². The van der Waals surface area contributed by atoms with Crippen molar-refractivity contribution in [3.63, 3.8) is 0 Å². The minimum atomic E-state index is -0.854. The van der Waals surface area contributed by atoms with Crippen LogP contribution in [0.5, 0.6) is 0 Å². The molecule has 5 amide bonds. The number of hydrogen-bond donors (Lipinski definition) is 4. The molecule has 1 fully saturated rings. The summed E-state index contributed by atoms with van der Waals surface area (Å²) in [7, 11) is 8.50. The Morgan fingerprint density at radius 3 is 2.07 bits per heavy atom. The molecule has 9 atom stereocenters. The number of aliphatic hydroxyl groups excluding tert-OH is 1. The lowest BCUT2D eigenvalue weighted by molar-refractivity contribution is -0.148. The molecule has 1 aliphatic heterocycles. The van der Waals surface area contributed by atoms with Crippen molar-refractivity contribution in [2.45, 2.75) is 129 Å². The van der Waals surface area contributed by atoms with Gasteiger partial charge < -0.3 is 40.3 Å². The lowest BCUT2D eigenvalue weighted by atomic mass is 9.89. The van der Waals surface area contributed by atoms with Gasteiger partial charge in [-0.2, -0.15) is 0 Å². The van der Waals surface area contributed by atoms with Gasteiger partial charge in [0.05, 0.1) is 42.7 Å². The van der Waals surface area contributed by atoms with E-state index in [-0.39, 0.29) is 73.3 Å². The second-order valence-corrected chi connectivity index (χ2v) is 16.6. The smallest absolute Gasteiger partial charge is 0.245 e. The number of nitrogens with one attached hydrogen (secondary N) is 3. The summed E-state index contributed by atoms with van der Waals surface area (Å²) >= 11 is 0. The van der Waals surface area contributed by atoms with Crippen LogP contribution in [0.25, 0.3) is 0 Å². The molecule has 1 heterocycles. The molecule has 1 aliphatic rings. The van der Waals surface area contributed by atoms with Crippen molar-refractivity contribution in [2.75, 3.05) is 55.1 Å². The first-order chi connectivity index (χ1) is 26.9. The first kappa shape index (κ1) is 49.6. The van der Waals surface area contributed by atoms with Gasteiger partial charge in [0, 0.05) is 47.4 Å². The van der Waals surface area contributed by atoms with Gasteiger partial charge in [0.15, 0.2) is 0 Å². The molecule has 14 heteroatoms. The third-order valence-electron chi connectivity index (χ3n) is 11.5. The summed E-state index contributed by atoms with van der Waals surface area (Å²) < 4.78 is 12.0. The minimum Gasteiger partial charge on any atom is -0.396 e. The Morgan fingerprint density at radius 2 is 1.54 bits per heavy atom. The highest BCUT2D eigenvalue weighted by Crippen LogP contribution is 2.30. The molecule has 0 aromatic heterocycles. The molecular weight excluding hydrogens is 729 g/mol. The minimum absolute atomic E-state index is 0.00143. The van der Waals surface area contributed by atoms with Crippen LogP contribution in [0.4, 0.5) is 0 Å². The second kappa shape index (κ2) is 24.4. The topological polar surface area (TPSA) is 170 Å². The number of carbonyl (C=O) groups is 5. The van der Waals surface area contributed by atoms with Crippen LogP contribution < -0.4 is 16.0 Å². The Balaban J connectivity index is 2.29. The van der Waals surface area contributed by atoms with Crippen LogP contribution in [0, 0.1) is 23.7 Å². The molecule has 4 N–H and O–H groups in total. The highest BCUT2D eigenvalue weighted by molar-refractivity contribution is 5.90. The van der Waals surface area contributed by atoms with E-state index in [9.17, 15) is 29.1 Å². The predicted molar refractivity (Wildman–Crippen MR) is 222 cm³/mol. The van der Waals surface area contributed by atoms with E-state index < -0.39 is 48.3 Å². The Kier molecular flexibility index (Phi) is 21.2. The summed E-state index contributed by atoms with van der Waals surface area (Å²) in [4.78, 5) is 74.3. The Bertz CT molecular complexity index is 1400. The molecule has 2 unspecified atom stereocenters. The molecule has 2 rings (SSSR count). The lowest BCUT2D eigenvalue weighted by Crippen LogP contribution is -2.59. The zero-order chi connectivity index (χ0) is 43.0. The maximum atomic E-state index is 14.3. The molecule has 0 bridgehead atoms. The predicted octanol–water partition coefficient (Wildman–Crippen LogP) is 2.86.